The fourth-order valence-electron chi connectivity index (χ4n) is 3.22. The predicted octanol–water partition coefficient (Wildman–Crippen LogP) is 5.86. The van der Waals surface area contributed by atoms with Crippen molar-refractivity contribution in [3.8, 4) is 5.69 Å². The second-order valence-electron chi connectivity index (χ2n) is 7.18. The summed E-state index contributed by atoms with van der Waals surface area (Å²) in [5, 5.41) is 8.69. The number of nitrogens with one attached hydrogen (secondary N) is 1. The Hall–Kier alpha value is -3.22. The van der Waals surface area contributed by atoms with E-state index >= 15 is 0 Å². The first-order valence-corrected chi connectivity index (χ1v) is 10.6. The normalized spacial score (nSPS) is 10.8. The molecule has 0 spiro atoms. The van der Waals surface area contributed by atoms with E-state index in [1.807, 2.05) is 90.4 Å². The zero-order chi connectivity index (χ0) is 21.8. The second-order valence-corrected chi connectivity index (χ2v) is 7.98. The van der Waals surface area contributed by atoms with Gasteiger partial charge >= 0.3 is 0 Å². The molecule has 4 aromatic rings. The molecule has 156 valence electrons. The molecule has 0 aliphatic rings. The first-order valence-electron chi connectivity index (χ1n) is 9.85. The van der Waals surface area contributed by atoms with Crippen LogP contribution in [-0.4, -0.2) is 20.1 Å². The van der Waals surface area contributed by atoms with Crippen LogP contribution >= 0.6 is 23.8 Å². The zero-order valence-electron chi connectivity index (χ0n) is 17.0. The van der Waals surface area contributed by atoms with Gasteiger partial charge in [-0.3, -0.25) is 9.36 Å². The molecule has 0 aliphatic heterocycles. The Kier molecular flexibility index (Phi) is 6.30. The molecule has 0 unspecified atom stereocenters. The first kappa shape index (κ1) is 21.0. The molecule has 0 radical (unpaired) electrons. The number of aromatic nitrogens is 3. The Morgan fingerprint density at radius 1 is 1.00 bits per heavy atom. The Bertz CT molecular complexity index is 1250. The number of benzene rings is 3. The molecule has 5 nitrogen and oxygen atoms in total. The Labute approximate surface area is 190 Å². The maximum absolute atomic E-state index is 12.8. The minimum atomic E-state index is -0.0361. The standard InChI is InChI=1S/C24H21ClN4OS/c1-17-7-9-18(10-8-17)22(30)16-28-24(31)29(21-5-3-2-4-6-21)23(27-28)15-26-20-13-11-19(25)12-14-20/h2-14,26H,15-16H2,1H3. The number of para-hydroxylation sites is 1. The molecule has 0 saturated heterocycles. The highest BCUT2D eigenvalue weighted by Crippen LogP contribution is 2.17. The van der Waals surface area contributed by atoms with Crippen LogP contribution in [0.5, 0.6) is 0 Å². The minimum Gasteiger partial charge on any atom is -0.378 e. The quantitative estimate of drug-likeness (QED) is 0.284. The van der Waals surface area contributed by atoms with Crippen molar-refractivity contribution in [2.45, 2.75) is 20.0 Å². The number of hydrogen-bond acceptors (Lipinski definition) is 4. The predicted molar refractivity (Wildman–Crippen MR) is 127 cm³/mol. The number of rotatable bonds is 7. The van der Waals surface area contributed by atoms with Crippen molar-refractivity contribution in [2.24, 2.45) is 0 Å². The molecular weight excluding hydrogens is 428 g/mol. The Balaban J connectivity index is 1.64. The lowest BCUT2D eigenvalue weighted by Crippen LogP contribution is -2.12. The molecule has 0 aliphatic carbocycles. The number of hydrogen-bond donors (Lipinski definition) is 1. The number of halogens is 1. The summed E-state index contributed by atoms with van der Waals surface area (Å²) in [6.07, 6.45) is 0. The summed E-state index contributed by atoms with van der Waals surface area (Å²) in [4.78, 5) is 12.8. The third-order valence-electron chi connectivity index (χ3n) is 4.88. The number of aryl methyl sites for hydroxylation is 1. The molecule has 1 aromatic heterocycles. The van der Waals surface area contributed by atoms with Crippen molar-refractivity contribution in [1.82, 2.24) is 14.3 Å². The van der Waals surface area contributed by atoms with E-state index in [4.69, 9.17) is 23.8 Å². The van der Waals surface area contributed by atoms with E-state index in [0.717, 1.165) is 16.9 Å². The summed E-state index contributed by atoms with van der Waals surface area (Å²) in [6, 6.07) is 24.8. The van der Waals surface area contributed by atoms with Crippen LogP contribution in [0, 0.1) is 11.7 Å². The largest absolute Gasteiger partial charge is 0.378 e. The molecule has 0 atom stereocenters. The van der Waals surface area contributed by atoms with Gasteiger partial charge in [-0.15, -0.1) is 0 Å². The van der Waals surface area contributed by atoms with Crippen LogP contribution in [0.1, 0.15) is 21.7 Å². The van der Waals surface area contributed by atoms with Gasteiger partial charge in [0.2, 0.25) is 4.77 Å². The molecule has 3 aromatic carbocycles. The summed E-state index contributed by atoms with van der Waals surface area (Å²) < 4.78 is 3.95. The Morgan fingerprint density at radius 2 is 1.68 bits per heavy atom. The van der Waals surface area contributed by atoms with Gasteiger partial charge in [0.1, 0.15) is 6.54 Å². The molecule has 0 amide bonds. The van der Waals surface area contributed by atoms with Crippen LogP contribution in [0.2, 0.25) is 5.02 Å². The third kappa shape index (κ3) is 4.93. The van der Waals surface area contributed by atoms with Crippen LogP contribution in [-0.2, 0) is 13.1 Å². The summed E-state index contributed by atoms with van der Waals surface area (Å²) in [7, 11) is 0. The highest BCUT2D eigenvalue weighted by molar-refractivity contribution is 7.71. The van der Waals surface area contributed by atoms with Crippen LogP contribution < -0.4 is 5.32 Å². The maximum Gasteiger partial charge on any atom is 0.203 e. The average Bonchev–Trinajstić information content (AvgIpc) is 3.09. The molecule has 31 heavy (non-hydrogen) atoms. The topological polar surface area (TPSA) is 51.9 Å². The van der Waals surface area contributed by atoms with Gasteiger partial charge in [0.05, 0.1) is 6.54 Å². The van der Waals surface area contributed by atoms with Crippen LogP contribution in [0.25, 0.3) is 5.69 Å². The average molecular weight is 449 g/mol. The highest BCUT2D eigenvalue weighted by Gasteiger charge is 2.15. The van der Waals surface area contributed by atoms with Crippen molar-refractivity contribution in [2.75, 3.05) is 5.32 Å². The molecule has 1 N–H and O–H groups in total. The van der Waals surface area contributed by atoms with E-state index in [9.17, 15) is 4.79 Å². The van der Waals surface area contributed by atoms with Gasteiger partial charge in [0.25, 0.3) is 0 Å². The fraction of sp³-hybridized carbons (Fsp3) is 0.125. The van der Waals surface area contributed by atoms with Crippen molar-refractivity contribution in [3.05, 3.63) is 106 Å². The number of carbonyl (C=O) groups excluding carboxylic acids is 1. The van der Waals surface area contributed by atoms with Crippen LogP contribution in [0.15, 0.2) is 78.9 Å². The van der Waals surface area contributed by atoms with Crippen molar-refractivity contribution in [3.63, 3.8) is 0 Å². The molecule has 0 fully saturated rings. The van der Waals surface area contributed by atoms with Gasteiger partial charge < -0.3 is 5.32 Å². The molecule has 0 bridgehead atoms. The van der Waals surface area contributed by atoms with Crippen molar-refractivity contribution in [1.29, 1.82) is 0 Å². The number of anilines is 1. The van der Waals surface area contributed by atoms with E-state index in [-0.39, 0.29) is 12.3 Å². The molecule has 1 heterocycles. The zero-order valence-corrected chi connectivity index (χ0v) is 18.5. The van der Waals surface area contributed by atoms with Crippen molar-refractivity contribution >= 4 is 35.3 Å². The minimum absolute atomic E-state index is 0.0361. The van der Waals surface area contributed by atoms with Gasteiger partial charge in [-0.1, -0.05) is 59.6 Å². The van der Waals surface area contributed by atoms with Gasteiger partial charge in [-0.05, 0) is 55.5 Å². The molecule has 0 saturated carbocycles. The SMILES string of the molecule is Cc1ccc(C(=O)Cn2nc(CNc3ccc(Cl)cc3)n(-c3ccccc3)c2=S)cc1. The lowest BCUT2D eigenvalue weighted by molar-refractivity contribution is 0.0967. The van der Waals surface area contributed by atoms with Crippen molar-refractivity contribution < 1.29 is 4.79 Å². The number of ketones is 1. The lowest BCUT2D eigenvalue weighted by atomic mass is 10.1. The van der Waals surface area contributed by atoms with E-state index in [0.29, 0.717) is 27.7 Å². The maximum atomic E-state index is 12.8. The van der Waals surface area contributed by atoms with Crippen LogP contribution in [0.4, 0.5) is 5.69 Å². The molecule has 4 rings (SSSR count). The third-order valence-corrected chi connectivity index (χ3v) is 5.53. The van der Waals surface area contributed by atoms with Gasteiger partial charge in [0.15, 0.2) is 11.6 Å². The number of carbonyl (C=O) groups is 1. The van der Waals surface area contributed by atoms with E-state index < -0.39 is 0 Å². The lowest BCUT2D eigenvalue weighted by Gasteiger charge is -2.08. The summed E-state index contributed by atoms with van der Waals surface area (Å²) >= 11 is 11.7. The highest BCUT2D eigenvalue weighted by atomic mass is 35.5. The molecule has 7 heteroatoms. The first-order chi connectivity index (χ1) is 15.0. The van der Waals surface area contributed by atoms with E-state index in [2.05, 4.69) is 10.4 Å². The van der Waals surface area contributed by atoms with E-state index in [1.165, 1.54) is 0 Å². The fourth-order valence-corrected chi connectivity index (χ4v) is 3.66. The second kappa shape index (κ2) is 9.29. The summed E-state index contributed by atoms with van der Waals surface area (Å²) in [5.41, 5.74) is 3.56. The monoisotopic (exact) mass is 448 g/mol. The summed E-state index contributed by atoms with van der Waals surface area (Å²) in [5.74, 6) is 0.675. The smallest absolute Gasteiger partial charge is 0.203 e. The number of Topliss-reactive ketones (excluding diaryl/α,β-unsaturated/α-hetero) is 1. The van der Waals surface area contributed by atoms with Gasteiger partial charge in [-0.2, -0.15) is 5.10 Å². The molecular formula is C24H21ClN4OS. The Morgan fingerprint density at radius 3 is 2.35 bits per heavy atom. The van der Waals surface area contributed by atoms with Gasteiger partial charge in [-0.25, -0.2) is 4.68 Å². The van der Waals surface area contributed by atoms with Gasteiger partial charge in [0, 0.05) is 22.0 Å². The van der Waals surface area contributed by atoms with Crippen LogP contribution in [0.3, 0.4) is 0 Å². The number of nitrogens with zero attached hydrogens (tertiary/aromatic N) is 3. The van der Waals surface area contributed by atoms with E-state index in [1.54, 1.807) is 4.68 Å². The summed E-state index contributed by atoms with van der Waals surface area (Å²) in [6.45, 7) is 2.51.